The Morgan fingerprint density at radius 1 is 1.16 bits per heavy atom. The monoisotopic (exact) mass is 256 g/mol. The zero-order valence-corrected chi connectivity index (χ0v) is 11.5. The first-order valence-electron chi connectivity index (χ1n) is 6.71. The predicted molar refractivity (Wildman–Crippen MR) is 77.5 cm³/mol. The van der Waals surface area contributed by atoms with Gasteiger partial charge in [0.2, 0.25) is 0 Å². The Labute approximate surface area is 114 Å². The van der Waals surface area contributed by atoms with Crippen molar-refractivity contribution in [3.8, 4) is 11.5 Å². The molecular weight excluding hydrogens is 236 g/mol. The molecule has 0 aliphatic heterocycles. The fourth-order valence-corrected chi connectivity index (χ4v) is 1.85. The van der Waals surface area contributed by atoms with Crippen molar-refractivity contribution in [3.05, 3.63) is 54.4 Å². The Balaban J connectivity index is 1.98. The molecule has 3 heteroatoms. The summed E-state index contributed by atoms with van der Waals surface area (Å²) in [6, 6.07) is 12.3. The van der Waals surface area contributed by atoms with E-state index in [0.29, 0.717) is 6.04 Å². The summed E-state index contributed by atoms with van der Waals surface area (Å²) in [5.74, 6) is 1.59. The molecule has 1 aromatic heterocycles. The van der Waals surface area contributed by atoms with Crippen LogP contribution in [0.5, 0.6) is 11.5 Å². The van der Waals surface area contributed by atoms with Gasteiger partial charge in [-0.3, -0.25) is 4.98 Å². The van der Waals surface area contributed by atoms with Gasteiger partial charge in [0.05, 0.1) is 6.20 Å². The maximum absolute atomic E-state index is 5.71. The van der Waals surface area contributed by atoms with E-state index in [4.69, 9.17) is 4.74 Å². The molecule has 2 aromatic rings. The van der Waals surface area contributed by atoms with E-state index in [1.807, 2.05) is 24.3 Å². The highest BCUT2D eigenvalue weighted by molar-refractivity contribution is 5.32. The second-order valence-corrected chi connectivity index (χ2v) is 4.54. The van der Waals surface area contributed by atoms with E-state index in [1.165, 1.54) is 5.56 Å². The smallest absolute Gasteiger partial charge is 0.145 e. The molecule has 0 amide bonds. The molecule has 1 heterocycles. The summed E-state index contributed by atoms with van der Waals surface area (Å²) in [6.07, 6.45) is 4.59. The quantitative estimate of drug-likeness (QED) is 0.850. The van der Waals surface area contributed by atoms with Crippen molar-refractivity contribution in [1.29, 1.82) is 0 Å². The van der Waals surface area contributed by atoms with E-state index >= 15 is 0 Å². The second-order valence-electron chi connectivity index (χ2n) is 4.54. The number of nitrogens with one attached hydrogen (secondary N) is 1. The van der Waals surface area contributed by atoms with Crippen molar-refractivity contribution in [1.82, 2.24) is 10.3 Å². The minimum Gasteiger partial charge on any atom is -0.456 e. The molecule has 0 aliphatic carbocycles. The van der Waals surface area contributed by atoms with E-state index in [1.54, 1.807) is 12.4 Å². The van der Waals surface area contributed by atoms with Gasteiger partial charge in [-0.15, -0.1) is 0 Å². The molecule has 3 nitrogen and oxygen atoms in total. The Bertz CT molecular complexity index is 482. The third-order valence-electron chi connectivity index (χ3n) is 2.95. The molecule has 1 N–H and O–H groups in total. The van der Waals surface area contributed by atoms with Crippen LogP contribution in [0.25, 0.3) is 0 Å². The molecule has 1 aromatic carbocycles. The number of nitrogens with zero attached hydrogens (tertiary/aromatic N) is 1. The highest BCUT2D eigenvalue weighted by Gasteiger charge is 2.04. The number of hydrogen-bond donors (Lipinski definition) is 1. The van der Waals surface area contributed by atoms with Crippen LogP contribution in [0.15, 0.2) is 48.8 Å². The number of benzene rings is 1. The standard InChI is InChI=1S/C16H20N2O/c1-3-10-18-13(2)14-6-8-15(9-7-14)19-16-5-4-11-17-12-16/h4-9,11-13,18H,3,10H2,1-2H3. The normalized spacial score (nSPS) is 12.1. The van der Waals surface area contributed by atoms with Gasteiger partial charge in [-0.1, -0.05) is 19.1 Å². The van der Waals surface area contributed by atoms with E-state index in [0.717, 1.165) is 24.5 Å². The first-order valence-corrected chi connectivity index (χ1v) is 6.71. The fraction of sp³-hybridized carbons (Fsp3) is 0.312. The van der Waals surface area contributed by atoms with Gasteiger partial charge < -0.3 is 10.1 Å². The van der Waals surface area contributed by atoms with Crippen molar-refractivity contribution < 1.29 is 4.74 Å². The van der Waals surface area contributed by atoms with Crippen LogP contribution >= 0.6 is 0 Å². The minimum atomic E-state index is 0.368. The average molecular weight is 256 g/mol. The highest BCUT2D eigenvalue weighted by atomic mass is 16.5. The lowest BCUT2D eigenvalue weighted by atomic mass is 10.1. The van der Waals surface area contributed by atoms with Crippen LogP contribution in [0.1, 0.15) is 31.9 Å². The van der Waals surface area contributed by atoms with E-state index in [-0.39, 0.29) is 0 Å². The number of rotatable bonds is 6. The first kappa shape index (κ1) is 13.6. The van der Waals surface area contributed by atoms with Gasteiger partial charge >= 0.3 is 0 Å². The predicted octanol–water partition coefficient (Wildman–Crippen LogP) is 3.93. The fourth-order valence-electron chi connectivity index (χ4n) is 1.85. The lowest BCUT2D eigenvalue weighted by molar-refractivity contribution is 0.479. The third kappa shape index (κ3) is 4.07. The van der Waals surface area contributed by atoms with Crippen LogP contribution in [-0.4, -0.2) is 11.5 Å². The second kappa shape index (κ2) is 6.90. The molecule has 0 fully saturated rings. The molecule has 0 aliphatic rings. The SMILES string of the molecule is CCCNC(C)c1ccc(Oc2cccnc2)cc1. The van der Waals surface area contributed by atoms with Crippen LogP contribution in [0.3, 0.4) is 0 Å². The molecule has 0 radical (unpaired) electrons. The summed E-state index contributed by atoms with van der Waals surface area (Å²) in [5, 5.41) is 3.47. The van der Waals surface area contributed by atoms with Gasteiger partial charge in [0.15, 0.2) is 0 Å². The highest BCUT2D eigenvalue weighted by Crippen LogP contribution is 2.22. The maximum atomic E-state index is 5.71. The molecule has 0 bridgehead atoms. The molecule has 1 unspecified atom stereocenters. The summed E-state index contributed by atoms with van der Waals surface area (Å²) in [4.78, 5) is 4.03. The van der Waals surface area contributed by atoms with Crippen molar-refractivity contribution in [2.75, 3.05) is 6.54 Å². The number of pyridine rings is 1. The molecule has 2 rings (SSSR count). The molecule has 0 saturated carbocycles. The Kier molecular flexibility index (Phi) is 4.93. The van der Waals surface area contributed by atoms with Crippen LogP contribution in [0.2, 0.25) is 0 Å². The number of aromatic nitrogens is 1. The van der Waals surface area contributed by atoms with E-state index in [9.17, 15) is 0 Å². The van der Waals surface area contributed by atoms with Gasteiger partial charge in [0, 0.05) is 12.2 Å². The first-order chi connectivity index (χ1) is 9.29. The van der Waals surface area contributed by atoms with Crippen molar-refractivity contribution in [2.24, 2.45) is 0 Å². The average Bonchev–Trinajstić information content (AvgIpc) is 2.46. The van der Waals surface area contributed by atoms with Crippen molar-refractivity contribution in [3.63, 3.8) is 0 Å². The number of ether oxygens (including phenoxy) is 1. The third-order valence-corrected chi connectivity index (χ3v) is 2.95. The zero-order chi connectivity index (χ0) is 13.5. The molecule has 1 atom stereocenters. The Hall–Kier alpha value is -1.87. The largest absolute Gasteiger partial charge is 0.456 e. The summed E-state index contributed by atoms with van der Waals surface area (Å²) in [5.41, 5.74) is 1.27. The van der Waals surface area contributed by atoms with Crippen LogP contribution < -0.4 is 10.1 Å². The zero-order valence-electron chi connectivity index (χ0n) is 11.5. The maximum Gasteiger partial charge on any atom is 0.145 e. The summed E-state index contributed by atoms with van der Waals surface area (Å²) < 4.78 is 5.71. The van der Waals surface area contributed by atoms with Gasteiger partial charge in [-0.2, -0.15) is 0 Å². The van der Waals surface area contributed by atoms with E-state index < -0.39 is 0 Å². The van der Waals surface area contributed by atoms with E-state index in [2.05, 4.69) is 36.3 Å². The minimum absolute atomic E-state index is 0.368. The lowest BCUT2D eigenvalue weighted by Crippen LogP contribution is -2.19. The molecule has 19 heavy (non-hydrogen) atoms. The van der Waals surface area contributed by atoms with Crippen LogP contribution in [-0.2, 0) is 0 Å². The Morgan fingerprint density at radius 3 is 2.58 bits per heavy atom. The van der Waals surface area contributed by atoms with Crippen molar-refractivity contribution >= 4 is 0 Å². The molecule has 0 spiro atoms. The molecular formula is C16H20N2O. The Morgan fingerprint density at radius 2 is 1.95 bits per heavy atom. The number of hydrogen-bond acceptors (Lipinski definition) is 3. The van der Waals surface area contributed by atoms with Gasteiger partial charge in [0.1, 0.15) is 11.5 Å². The van der Waals surface area contributed by atoms with Gasteiger partial charge in [-0.25, -0.2) is 0 Å². The van der Waals surface area contributed by atoms with Crippen LogP contribution in [0, 0.1) is 0 Å². The van der Waals surface area contributed by atoms with Crippen molar-refractivity contribution in [2.45, 2.75) is 26.3 Å². The summed E-state index contributed by atoms with van der Waals surface area (Å²) >= 11 is 0. The molecule has 0 saturated heterocycles. The van der Waals surface area contributed by atoms with Gasteiger partial charge in [0.25, 0.3) is 0 Å². The summed E-state index contributed by atoms with van der Waals surface area (Å²) in [6.45, 7) is 5.38. The molecule has 100 valence electrons. The topological polar surface area (TPSA) is 34.1 Å². The van der Waals surface area contributed by atoms with Crippen LogP contribution in [0.4, 0.5) is 0 Å². The summed E-state index contributed by atoms with van der Waals surface area (Å²) in [7, 11) is 0. The lowest BCUT2D eigenvalue weighted by Gasteiger charge is -2.14. The van der Waals surface area contributed by atoms with Gasteiger partial charge in [-0.05, 0) is 49.7 Å².